The summed E-state index contributed by atoms with van der Waals surface area (Å²) in [5.41, 5.74) is 2.35. The highest BCUT2D eigenvalue weighted by atomic mass is 32.1. The number of para-hydroxylation sites is 1. The highest BCUT2D eigenvalue weighted by molar-refractivity contribution is 7.14. The van der Waals surface area contributed by atoms with Crippen LogP contribution in [0.5, 0.6) is 11.5 Å². The second-order valence-corrected chi connectivity index (χ2v) is 5.30. The van der Waals surface area contributed by atoms with Crippen LogP contribution in [0.3, 0.4) is 0 Å². The molecule has 2 aromatic carbocycles. The monoisotopic (exact) mass is 281 g/mol. The van der Waals surface area contributed by atoms with Gasteiger partial charge in [0.25, 0.3) is 0 Å². The average Bonchev–Trinajstić information content (AvgIpc) is 2.98. The average molecular weight is 281 g/mol. The fraction of sp³-hybridized carbons (Fsp3) is 0.0588. The number of nitrogens with one attached hydrogen (secondary N) is 1. The molecule has 100 valence electrons. The van der Waals surface area contributed by atoms with Crippen LogP contribution in [0.4, 0.5) is 5.69 Å². The van der Waals surface area contributed by atoms with Crippen LogP contribution in [0.25, 0.3) is 10.4 Å². The third-order valence-electron chi connectivity index (χ3n) is 3.01. The summed E-state index contributed by atoms with van der Waals surface area (Å²) >= 11 is 1.73. The van der Waals surface area contributed by atoms with Crippen molar-refractivity contribution in [2.75, 3.05) is 12.4 Å². The maximum atomic E-state index is 5.79. The molecule has 0 radical (unpaired) electrons. The zero-order chi connectivity index (χ0) is 13.8. The van der Waals surface area contributed by atoms with Crippen LogP contribution in [0.15, 0.2) is 66.0 Å². The summed E-state index contributed by atoms with van der Waals surface area (Å²) in [4.78, 5) is 1.25. The zero-order valence-corrected chi connectivity index (χ0v) is 12.0. The summed E-state index contributed by atoms with van der Waals surface area (Å²) in [6.07, 6.45) is 0. The van der Waals surface area contributed by atoms with Crippen molar-refractivity contribution in [1.82, 2.24) is 0 Å². The van der Waals surface area contributed by atoms with E-state index in [0.717, 1.165) is 17.2 Å². The van der Waals surface area contributed by atoms with Crippen molar-refractivity contribution >= 4 is 17.0 Å². The normalized spacial score (nSPS) is 10.2. The Morgan fingerprint density at radius 1 is 0.900 bits per heavy atom. The summed E-state index contributed by atoms with van der Waals surface area (Å²) in [6, 6.07) is 20.1. The van der Waals surface area contributed by atoms with Crippen molar-refractivity contribution in [3.05, 3.63) is 66.0 Å². The predicted octanol–water partition coefficient (Wildman–Crippen LogP) is 5.25. The molecule has 1 aromatic heterocycles. The molecular formula is C17H15NOS. The molecule has 0 spiro atoms. The molecule has 1 N–H and O–H groups in total. The molecule has 0 aliphatic carbocycles. The van der Waals surface area contributed by atoms with Crippen LogP contribution in [0, 0.1) is 0 Å². The number of anilines is 1. The molecule has 0 bridgehead atoms. The fourth-order valence-corrected chi connectivity index (χ4v) is 2.84. The van der Waals surface area contributed by atoms with E-state index >= 15 is 0 Å². The van der Waals surface area contributed by atoms with Crippen LogP contribution in [-0.4, -0.2) is 7.05 Å². The molecular weight excluding hydrogens is 266 g/mol. The topological polar surface area (TPSA) is 21.3 Å². The van der Waals surface area contributed by atoms with Gasteiger partial charge in [-0.2, -0.15) is 0 Å². The first-order valence-corrected chi connectivity index (χ1v) is 7.33. The minimum Gasteiger partial charge on any atom is -0.457 e. The molecule has 0 unspecified atom stereocenters. The van der Waals surface area contributed by atoms with Crippen molar-refractivity contribution in [2.24, 2.45) is 0 Å². The molecule has 0 aliphatic heterocycles. The Balaban J connectivity index is 1.77. The van der Waals surface area contributed by atoms with Crippen LogP contribution in [-0.2, 0) is 0 Å². The molecule has 0 atom stereocenters. The van der Waals surface area contributed by atoms with Gasteiger partial charge in [-0.15, -0.1) is 11.3 Å². The van der Waals surface area contributed by atoms with Gasteiger partial charge in [0.05, 0.1) is 0 Å². The number of thiophene rings is 1. The minimum absolute atomic E-state index is 0.852. The Labute approximate surface area is 122 Å². The molecule has 3 heteroatoms. The third-order valence-corrected chi connectivity index (χ3v) is 3.99. The van der Waals surface area contributed by atoms with Gasteiger partial charge in [-0.25, -0.2) is 0 Å². The number of hydrogen-bond donors (Lipinski definition) is 1. The van der Waals surface area contributed by atoms with Gasteiger partial charge in [-0.05, 0) is 48.0 Å². The summed E-state index contributed by atoms with van der Waals surface area (Å²) < 4.78 is 5.79. The van der Waals surface area contributed by atoms with E-state index < -0.39 is 0 Å². The van der Waals surface area contributed by atoms with Crippen molar-refractivity contribution in [3.8, 4) is 21.9 Å². The maximum Gasteiger partial charge on any atom is 0.127 e. The summed E-state index contributed by atoms with van der Waals surface area (Å²) in [6.45, 7) is 0. The number of rotatable bonds is 4. The van der Waals surface area contributed by atoms with Gasteiger partial charge >= 0.3 is 0 Å². The standard InChI is InChI=1S/C17H15NOS/c1-18-14-11-17(20-12-14)13-7-9-16(10-8-13)19-15-5-3-2-4-6-15/h2-12,18H,1H3. The molecule has 0 amide bonds. The SMILES string of the molecule is CNc1csc(-c2ccc(Oc3ccccc3)cc2)c1. The van der Waals surface area contributed by atoms with Crippen LogP contribution < -0.4 is 10.1 Å². The summed E-state index contributed by atoms with van der Waals surface area (Å²) in [7, 11) is 1.93. The minimum atomic E-state index is 0.852. The van der Waals surface area contributed by atoms with Crippen LogP contribution in [0.2, 0.25) is 0 Å². The van der Waals surface area contributed by atoms with Crippen LogP contribution in [0.1, 0.15) is 0 Å². The van der Waals surface area contributed by atoms with Crippen molar-refractivity contribution in [3.63, 3.8) is 0 Å². The lowest BCUT2D eigenvalue weighted by Crippen LogP contribution is -1.84. The van der Waals surface area contributed by atoms with E-state index in [0.29, 0.717) is 0 Å². The first kappa shape index (κ1) is 12.8. The molecule has 0 saturated heterocycles. The molecule has 3 aromatic rings. The van der Waals surface area contributed by atoms with Gasteiger partial charge in [-0.1, -0.05) is 18.2 Å². The van der Waals surface area contributed by atoms with Gasteiger partial charge in [-0.3, -0.25) is 0 Å². The van der Waals surface area contributed by atoms with Gasteiger partial charge in [0.1, 0.15) is 11.5 Å². The Kier molecular flexibility index (Phi) is 3.70. The van der Waals surface area contributed by atoms with E-state index in [4.69, 9.17) is 4.74 Å². The van der Waals surface area contributed by atoms with E-state index in [1.807, 2.05) is 49.5 Å². The van der Waals surface area contributed by atoms with E-state index in [1.165, 1.54) is 10.4 Å². The highest BCUT2D eigenvalue weighted by Gasteiger charge is 2.03. The first-order chi connectivity index (χ1) is 9.85. The molecule has 0 fully saturated rings. The van der Waals surface area contributed by atoms with E-state index in [2.05, 4.69) is 28.9 Å². The summed E-state index contributed by atoms with van der Waals surface area (Å²) in [5.74, 6) is 1.71. The van der Waals surface area contributed by atoms with E-state index in [1.54, 1.807) is 11.3 Å². The van der Waals surface area contributed by atoms with Gasteiger partial charge in [0, 0.05) is 23.0 Å². The second kappa shape index (κ2) is 5.80. The lowest BCUT2D eigenvalue weighted by atomic mass is 10.2. The smallest absolute Gasteiger partial charge is 0.127 e. The van der Waals surface area contributed by atoms with E-state index in [-0.39, 0.29) is 0 Å². The van der Waals surface area contributed by atoms with Gasteiger partial charge < -0.3 is 10.1 Å². The Morgan fingerprint density at radius 3 is 2.25 bits per heavy atom. The second-order valence-electron chi connectivity index (χ2n) is 4.39. The Bertz CT molecular complexity index is 674. The number of ether oxygens (including phenoxy) is 1. The first-order valence-electron chi connectivity index (χ1n) is 6.45. The van der Waals surface area contributed by atoms with Crippen molar-refractivity contribution < 1.29 is 4.74 Å². The van der Waals surface area contributed by atoms with Crippen molar-refractivity contribution in [2.45, 2.75) is 0 Å². The Morgan fingerprint density at radius 2 is 1.60 bits per heavy atom. The largest absolute Gasteiger partial charge is 0.457 e. The zero-order valence-electron chi connectivity index (χ0n) is 11.2. The van der Waals surface area contributed by atoms with Crippen molar-refractivity contribution in [1.29, 1.82) is 0 Å². The van der Waals surface area contributed by atoms with Gasteiger partial charge in [0.15, 0.2) is 0 Å². The lowest BCUT2D eigenvalue weighted by molar-refractivity contribution is 0.483. The molecule has 0 aliphatic rings. The molecule has 20 heavy (non-hydrogen) atoms. The predicted molar refractivity (Wildman–Crippen MR) is 85.8 cm³/mol. The lowest BCUT2D eigenvalue weighted by Gasteiger charge is -2.06. The highest BCUT2D eigenvalue weighted by Crippen LogP contribution is 2.31. The third kappa shape index (κ3) is 2.83. The molecule has 2 nitrogen and oxygen atoms in total. The quantitative estimate of drug-likeness (QED) is 0.705. The number of hydrogen-bond acceptors (Lipinski definition) is 3. The van der Waals surface area contributed by atoms with E-state index in [9.17, 15) is 0 Å². The Hall–Kier alpha value is -2.26. The molecule has 3 rings (SSSR count). The molecule has 0 saturated carbocycles. The van der Waals surface area contributed by atoms with Gasteiger partial charge in [0.2, 0.25) is 0 Å². The maximum absolute atomic E-state index is 5.79. The van der Waals surface area contributed by atoms with Crippen LogP contribution >= 0.6 is 11.3 Å². The number of benzene rings is 2. The molecule has 1 heterocycles. The summed E-state index contributed by atoms with van der Waals surface area (Å²) in [5, 5.41) is 5.26. The fourth-order valence-electron chi connectivity index (χ4n) is 1.93.